The first-order valence-corrected chi connectivity index (χ1v) is 8.91. The van der Waals surface area contributed by atoms with E-state index in [1.165, 1.54) is 0 Å². The summed E-state index contributed by atoms with van der Waals surface area (Å²) in [5.41, 5.74) is 8.73. The zero-order chi connectivity index (χ0) is 18.8. The second kappa shape index (κ2) is 7.61. The van der Waals surface area contributed by atoms with Crippen molar-refractivity contribution in [3.8, 4) is 0 Å². The monoisotopic (exact) mass is 375 g/mol. The molecule has 0 fully saturated rings. The van der Waals surface area contributed by atoms with Crippen molar-refractivity contribution in [2.45, 2.75) is 32.4 Å². The molecule has 0 saturated heterocycles. The number of halogens is 1. The van der Waals surface area contributed by atoms with Crippen LogP contribution >= 0.6 is 11.6 Å². The second-order valence-electron chi connectivity index (χ2n) is 6.52. The predicted molar refractivity (Wildman–Crippen MR) is 100 cm³/mol. The van der Waals surface area contributed by atoms with E-state index >= 15 is 0 Å². The Kier molecular flexibility index (Phi) is 5.46. The summed E-state index contributed by atoms with van der Waals surface area (Å²) in [5.74, 6) is -0.433. The molecule has 6 nitrogen and oxygen atoms in total. The van der Waals surface area contributed by atoms with Crippen LogP contribution in [0.2, 0.25) is 5.02 Å². The van der Waals surface area contributed by atoms with Crippen LogP contribution in [0.4, 0.5) is 0 Å². The van der Waals surface area contributed by atoms with Gasteiger partial charge in [-0.1, -0.05) is 29.8 Å². The smallest absolute Gasteiger partial charge is 0.356 e. The van der Waals surface area contributed by atoms with E-state index in [1.54, 1.807) is 12.1 Å². The highest BCUT2D eigenvalue weighted by Crippen LogP contribution is 2.32. The maximum absolute atomic E-state index is 11.9. The van der Waals surface area contributed by atoms with Gasteiger partial charge in [0, 0.05) is 11.1 Å². The third-order valence-corrected chi connectivity index (χ3v) is 4.69. The van der Waals surface area contributed by atoms with Crippen LogP contribution in [0, 0.1) is 0 Å². The van der Waals surface area contributed by atoms with E-state index in [9.17, 15) is 9.90 Å². The highest BCUT2D eigenvalue weighted by molar-refractivity contribution is 6.30. The normalized spacial score (nSPS) is 15.8. The number of nitrogens with zero attached hydrogens (tertiary/aromatic N) is 2. The summed E-state index contributed by atoms with van der Waals surface area (Å²) >= 11 is 5.96. The number of ether oxygens (including phenoxy) is 1. The van der Waals surface area contributed by atoms with Crippen molar-refractivity contribution >= 4 is 23.1 Å². The molecule has 3 N–H and O–H groups in total. The first-order valence-electron chi connectivity index (χ1n) is 8.53. The molecule has 0 amide bonds. The third kappa shape index (κ3) is 3.53. The Hall–Kier alpha value is -2.15. The number of carboxylic acid groups (broad SMARTS) is 1. The van der Waals surface area contributed by atoms with Crippen LogP contribution in [0.3, 0.4) is 0 Å². The van der Waals surface area contributed by atoms with Gasteiger partial charge in [0.05, 0.1) is 24.9 Å². The zero-order valence-electron chi connectivity index (χ0n) is 14.8. The number of carbonyl (C=O) groups is 1. The molecule has 0 spiro atoms. The fourth-order valence-corrected chi connectivity index (χ4v) is 3.33. The first-order chi connectivity index (χ1) is 12.4. The minimum atomic E-state index is -1.09. The van der Waals surface area contributed by atoms with Crippen molar-refractivity contribution in [2.75, 3.05) is 13.2 Å². The van der Waals surface area contributed by atoms with Crippen molar-refractivity contribution in [1.29, 1.82) is 0 Å². The largest absolute Gasteiger partial charge is 0.476 e. The van der Waals surface area contributed by atoms with E-state index in [0.29, 0.717) is 36.2 Å². The summed E-state index contributed by atoms with van der Waals surface area (Å²) < 4.78 is 7.30. The molecule has 1 aliphatic rings. The van der Waals surface area contributed by atoms with Crippen LogP contribution in [0.15, 0.2) is 30.3 Å². The first kappa shape index (κ1) is 18.6. The molecule has 3 rings (SSSR count). The molecular formula is C19H22ClN3O3. The molecule has 2 aromatic rings. The SMILES string of the molecule is CC(C)n1c(C2=CCOCC2)nc(C(=O)O)c1C(N)c1ccc(Cl)cc1. The summed E-state index contributed by atoms with van der Waals surface area (Å²) in [6.45, 7) is 5.09. The number of imidazole rings is 1. The number of aromatic carboxylic acids is 1. The van der Waals surface area contributed by atoms with Gasteiger partial charge in [-0.25, -0.2) is 9.78 Å². The summed E-state index contributed by atoms with van der Waals surface area (Å²) in [5, 5.41) is 10.3. The highest BCUT2D eigenvalue weighted by atomic mass is 35.5. The van der Waals surface area contributed by atoms with Gasteiger partial charge >= 0.3 is 5.97 Å². The Morgan fingerprint density at radius 3 is 2.58 bits per heavy atom. The Morgan fingerprint density at radius 2 is 2.04 bits per heavy atom. The van der Waals surface area contributed by atoms with E-state index in [-0.39, 0.29) is 11.7 Å². The molecule has 0 bridgehead atoms. The maximum atomic E-state index is 11.9. The third-order valence-electron chi connectivity index (χ3n) is 4.44. The predicted octanol–water partition coefficient (Wildman–Crippen LogP) is 3.67. The number of aromatic nitrogens is 2. The average Bonchev–Trinajstić information content (AvgIpc) is 3.03. The highest BCUT2D eigenvalue weighted by Gasteiger charge is 2.29. The van der Waals surface area contributed by atoms with Crippen LogP contribution in [0.25, 0.3) is 5.57 Å². The van der Waals surface area contributed by atoms with Crippen molar-refractivity contribution < 1.29 is 14.6 Å². The maximum Gasteiger partial charge on any atom is 0.356 e. The average molecular weight is 376 g/mol. The molecule has 26 heavy (non-hydrogen) atoms. The number of hydrogen-bond acceptors (Lipinski definition) is 4. The molecule has 1 aliphatic heterocycles. The standard InChI is InChI=1S/C19H22ClN3O3/c1-11(2)23-17(15(21)12-3-5-14(20)6-4-12)16(19(24)25)22-18(23)13-7-9-26-10-8-13/h3-7,11,15H,8-10,21H2,1-2H3,(H,24,25). The number of hydrogen-bond donors (Lipinski definition) is 2. The summed E-state index contributed by atoms with van der Waals surface area (Å²) in [6, 6.07) is 6.49. The van der Waals surface area contributed by atoms with E-state index < -0.39 is 12.0 Å². The Labute approximate surface area is 157 Å². The Morgan fingerprint density at radius 1 is 1.35 bits per heavy atom. The number of carboxylic acids is 1. The van der Waals surface area contributed by atoms with E-state index in [4.69, 9.17) is 22.1 Å². The summed E-state index contributed by atoms with van der Waals surface area (Å²) in [4.78, 5) is 16.3. The van der Waals surface area contributed by atoms with Gasteiger partial charge in [0.25, 0.3) is 0 Å². The van der Waals surface area contributed by atoms with Gasteiger partial charge < -0.3 is 20.1 Å². The van der Waals surface area contributed by atoms with Crippen molar-refractivity contribution in [1.82, 2.24) is 9.55 Å². The second-order valence-corrected chi connectivity index (χ2v) is 6.96. The lowest BCUT2D eigenvalue weighted by Gasteiger charge is -2.22. The molecule has 1 atom stereocenters. The lowest BCUT2D eigenvalue weighted by Crippen LogP contribution is -2.22. The Bertz CT molecular complexity index is 840. The lowest BCUT2D eigenvalue weighted by atomic mass is 10.0. The van der Waals surface area contributed by atoms with Crippen LogP contribution in [-0.2, 0) is 4.74 Å². The number of rotatable bonds is 5. The van der Waals surface area contributed by atoms with E-state index in [2.05, 4.69) is 4.98 Å². The molecule has 0 aliphatic carbocycles. The molecule has 0 radical (unpaired) electrons. The van der Waals surface area contributed by atoms with Crippen LogP contribution in [-0.4, -0.2) is 33.8 Å². The summed E-state index contributed by atoms with van der Waals surface area (Å²) in [6.07, 6.45) is 2.65. The van der Waals surface area contributed by atoms with Gasteiger partial charge in [-0.3, -0.25) is 0 Å². The van der Waals surface area contributed by atoms with Crippen molar-refractivity contribution in [3.05, 3.63) is 58.1 Å². The zero-order valence-corrected chi connectivity index (χ0v) is 15.5. The molecular weight excluding hydrogens is 354 g/mol. The van der Waals surface area contributed by atoms with Gasteiger partial charge in [0.15, 0.2) is 5.69 Å². The van der Waals surface area contributed by atoms with Gasteiger partial charge in [-0.05, 0) is 43.5 Å². The molecule has 0 saturated carbocycles. The molecule has 1 aromatic heterocycles. The van der Waals surface area contributed by atoms with E-state index in [1.807, 2.05) is 36.6 Å². The fourth-order valence-electron chi connectivity index (χ4n) is 3.21. The van der Waals surface area contributed by atoms with Crippen LogP contribution < -0.4 is 5.73 Å². The quantitative estimate of drug-likeness (QED) is 0.832. The van der Waals surface area contributed by atoms with Crippen LogP contribution in [0.5, 0.6) is 0 Å². The minimum absolute atomic E-state index is 0.00250. The molecule has 7 heteroatoms. The van der Waals surface area contributed by atoms with Gasteiger partial charge in [0.1, 0.15) is 5.82 Å². The topological polar surface area (TPSA) is 90.4 Å². The van der Waals surface area contributed by atoms with E-state index in [0.717, 1.165) is 11.1 Å². The van der Waals surface area contributed by atoms with Crippen molar-refractivity contribution in [3.63, 3.8) is 0 Å². The lowest BCUT2D eigenvalue weighted by molar-refractivity contribution is 0.0689. The number of nitrogens with two attached hydrogens (primary N) is 1. The number of benzene rings is 1. The van der Waals surface area contributed by atoms with Crippen LogP contribution in [0.1, 0.15) is 59.9 Å². The van der Waals surface area contributed by atoms with Gasteiger partial charge in [-0.2, -0.15) is 0 Å². The molecule has 138 valence electrons. The molecule has 2 heterocycles. The van der Waals surface area contributed by atoms with Gasteiger partial charge in [0.2, 0.25) is 0 Å². The molecule has 1 aromatic carbocycles. The van der Waals surface area contributed by atoms with Gasteiger partial charge in [-0.15, -0.1) is 0 Å². The minimum Gasteiger partial charge on any atom is -0.476 e. The summed E-state index contributed by atoms with van der Waals surface area (Å²) in [7, 11) is 0. The fraction of sp³-hybridized carbons (Fsp3) is 0.368. The molecule has 1 unspecified atom stereocenters. The Balaban J connectivity index is 2.18. The van der Waals surface area contributed by atoms with Crippen molar-refractivity contribution in [2.24, 2.45) is 5.73 Å².